The van der Waals surface area contributed by atoms with Crippen LogP contribution in [0.25, 0.3) is 11.2 Å². The standard InChI is InChI=1S/C10H12N4O5.3H3O4P/c15-1-4-6(16)7(17)10(19-4)14-3-13-5-8(14)11-2-12-9(5)18;3*1-5(2,3)4/h2-4,6-7,10,15-17H,1H2,(H,11,12,18);3*(H3,1,2,3,4)/t4-,6-,7-,10-;;;/m1.../s1. The second-order valence-electron chi connectivity index (χ2n) is 5.79. The van der Waals surface area contributed by atoms with Gasteiger partial charge in [0.05, 0.1) is 12.9 Å². The van der Waals surface area contributed by atoms with Gasteiger partial charge < -0.3 is 69.2 Å². The fourth-order valence-corrected chi connectivity index (χ4v) is 2.14. The molecule has 2 aromatic rings. The molecule has 21 nitrogen and oxygen atoms in total. The Morgan fingerprint density at radius 2 is 1.26 bits per heavy atom. The van der Waals surface area contributed by atoms with Crippen molar-refractivity contribution in [1.29, 1.82) is 0 Å². The van der Waals surface area contributed by atoms with Crippen molar-refractivity contribution in [2.75, 3.05) is 6.61 Å². The Morgan fingerprint density at radius 3 is 1.65 bits per heavy atom. The van der Waals surface area contributed by atoms with Crippen molar-refractivity contribution in [2.45, 2.75) is 24.5 Å². The van der Waals surface area contributed by atoms with Gasteiger partial charge in [-0.1, -0.05) is 0 Å². The fraction of sp³-hybridized carbons (Fsp3) is 0.500. The maximum atomic E-state index is 9.92. The number of phosphoric acid groups is 3. The molecule has 1 fully saturated rings. The summed E-state index contributed by atoms with van der Waals surface area (Å²) in [7, 11) is -13.9. The molecule has 1 saturated heterocycles. The van der Waals surface area contributed by atoms with Gasteiger partial charge in [-0.3, -0.25) is 4.57 Å². The molecule has 0 spiro atoms. The van der Waals surface area contributed by atoms with E-state index in [9.17, 15) is 15.3 Å². The van der Waals surface area contributed by atoms with Crippen molar-refractivity contribution in [1.82, 2.24) is 19.5 Å². The van der Waals surface area contributed by atoms with Crippen LogP contribution in [0.4, 0.5) is 0 Å². The van der Waals surface area contributed by atoms with E-state index in [2.05, 4.69) is 15.0 Å². The van der Waals surface area contributed by atoms with Crippen LogP contribution < -0.4 is 0 Å². The lowest BCUT2D eigenvalue weighted by Gasteiger charge is -2.16. The number of rotatable bonds is 2. The Bertz CT molecular complexity index is 975. The highest BCUT2D eigenvalue weighted by Crippen LogP contribution is 2.32. The third-order valence-electron chi connectivity index (χ3n) is 3.13. The lowest BCUT2D eigenvalue weighted by molar-refractivity contribution is -0.0511. The maximum Gasteiger partial charge on any atom is 0.466 e. The molecule has 0 bridgehead atoms. The molecule has 24 heteroatoms. The molecule has 2 aromatic heterocycles. The van der Waals surface area contributed by atoms with E-state index in [0.717, 1.165) is 6.33 Å². The number of hydrogen-bond donors (Lipinski definition) is 13. The maximum absolute atomic E-state index is 9.92. The van der Waals surface area contributed by atoms with Crippen LogP contribution in [0, 0.1) is 0 Å². The number of hydrogen-bond acceptors (Lipinski definition) is 11. The molecule has 13 N–H and O–H groups in total. The monoisotopic (exact) mass is 562 g/mol. The van der Waals surface area contributed by atoms with Crippen molar-refractivity contribution >= 4 is 34.6 Å². The average molecular weight is 562 g/mol. The number of aromatic hydroxyl groups is 1. The minimum atomic E-state index is -4.64. The largest absolute Gasteiger partial charge is 0.492 e. The van der Waals surface area contributed by atoms with Gasteiger partial charge in [-0.05, 0) is 0 Å². The Balaban J connectivity index is 0.000000599. The van der Waals surface area contributed by atoms with Crippen LogP contribution in [0.2, 0.25) is 0 Å². The zero-order valence-electron chi connectivity index (χ0n) is 16.2. The first kappa shape index (κ1) is 32.5. The van der Waals surface area contributed by atoms with E-state index >= 15 is 0 Å². The van der Waals surface area contributed by atoms with Crippen molar-refractivity contribution < 1.29 is 82.9 Å². The van der Waals surface area contributed by atoms with Crippen molar-refractivity contribution in [3.05, 3.63) is 12.7 Å². The van der Waals surface area contributed by atoms with Gasteiger partial charge in [0.2, 0.25) is 5.88 Å². The first-order chi connectivity index (χ1) is 15.1. The smallest absolute Gasteiger partial charge is 0.466 e. The Morgan fingerprint density at radius 1 is 0.824 bits per heavy atom. The van der Waals surface area contributed by atoms with Crippen molar-refractivity contribution in [3.8, 4) is 5.88 Å². The highest BCUT2D eigenvalue weighted by molar-refractivity contribution is 7.45. The zero-order valence-corrected chi connectivity index (χ0v) is 18.9. The van der Waals surface area contributed by atoms with Gasteiger partial charge in [0.15, 0.2) is 17.4 Å². The molecule has 0 amide bonds. The molecule has 1 aliphatic heterocycles. The summed E-state index contributed by atoms with van der Waals surface area (Å²) in [6.07, 6.45) is -1.79. The SMILES string of the molecule is O=P(O)(O)O.O=P(O)(O)O.O=P(O)(O)O.OC[C@H]1O[C@@H](n2cnc3c(O)ncnc32)[C@H](O)[C@@H]1O. The third kappa shape index (κ3) is 14.0. The minimum Gasteiger partial charge on any atom is -0.492 e. The molecular weight excluding hydrogens is 541 g/mol. The number of fused-ring (bicyclic) bond motifs is 1. The molecule has 1 aliphatic rings. The lowest BCUT2D eigenvalue weighted by atomic mass is 10.1. The molecule has 4 atom stereocenters. The van der Waals surface area contributed by atoms with E-state index in [-0.39, 0.29) is 17.0 Å². The minimum absolute atomic E-state index is 0.167. The summed E-state index contributed by atoms with van der Waals surface area (Å²) in [6, 6.07) is 0. The number of imidazole rings is 1. The average Bonchev–Trinajstić information content (AvgIpc) is 3.13. The number of nitrogens with zero attached hydrogens (tertiary/aromatic N) is 4. The van der Waals surface area contributed by atoms with Crippen LogP contribution in [-0.4, -0.2) is 109 Å². The second-order valence-corrected chi connectivity index (χ2v) is 8.87. The van der Waals surface area contributed by atoms with Crippen molar-refractivity contribution in [2.24, 2.45) is 0 Å². The lowest BCUT2D eigenvalue weighted by Crippen LogP contribution is -2.33. The summed E-state index contributed by atoms with van der Waals surface area (Å²) >= 11 is 0. The van der Waals surface area contributed by atoms with E-state index in [4.69, 9.17) is 67.6 Å². The summed E-state index contributed by atoms with van der Waals surface area (Å²) in [5, 5.41) is 38.2. The molecule has 0 saturated carbocycles. The number of aromatic nitrogens is 4. The van der Waals surface area contributed by atoms with Crippen LogP contribution in [0.5, 0.6) is 5.88 Å². The quantitative estimate of drug-likeness (QED) is 0.153. The molecule has 34 heavy (non-hydrogen) atoms. The zero-order chi connectivity index (χ0) is 27.1. The van der Waals surface area contributed by atoms with E-state index < -0.39 is 54.6 Å². The molecule has 0 aliphatic carbocycles. The first-order valence-electron chi connectivity index (χ1n) is 7.97. The van der Waals surface area contributed by atoms with Crippen LogP contribution in [-0.2, 0) is 18.4 Å². The van der Waals surface area contributed by atoms with Gasteiger partial charge in [-0.2, -0.15) is 4.98 Å². The molecule has 3 heterocycles. The van der Waals surface area contributed by atoms with Gasteiger partial charge in [0, 0.05) is 0 Å². The summed E-state index contributed by atoms with van der Waals surface area (Å²) in [6.45, 7) is -0.415. The fourth-order valence-electron chi connectivity index (χ4n) is 2.14. The number of aliphatic hydroxyl groups is 3. The van der Waals surface area contributed by atoms with Crippen LogP contribution in [0.3, 0.4) is 0 Å². The number of aliphatic hydroxyl groups excluding tert-OH is 3. The normalized spacial score (nSPS) is 22.6. The van der Waals surface area contributed by atoms with E-state index in [1.807, 2.05) is 0 Å². The molecular formula is C10H21N4O17P3. The van der Waals surface area contributed by atoms with Crippen LogP contribution in [0.1, 0.15) is 6.23 Å². The second kappa shape index (κ2) is 13.0. The first-order valence-corrected chi connectivity index (χ1v) is 12.7. The van der Waals surface area contributed by atoms with Crippen LogP contribution >= 0.6 is 23.5 Å². The molecule has 0 radical (unpaired) electrons. The highest BCUT2D eigenvalue weighted by Gasteiger charge is 2.44. The summed E-state index contributed by atoms with van der Waals surface area (Å²) < 4.78 is 33.4. The third-order valence-corrected chi connectivity index (χ3v) is 3.13. The Labute approximate surface area is 187 Å². The van der Waals surface area contributed by atoms with Gasteiger partial charge in [-0.25, -0.2) is 23.7 Å². The summed E-state index contributed by atoms with van der Waals surface area (Å²) in [4.78, 5) is 76.2. The highest BCUT2D eigenvalue weighted by atomic mass is 31.2. The predicted octanol–water partition coefficient (Wildman–Crippen LogP) is -4.64. The van der Waals surface area contributed by atoms with E-state index in [1.165, 1.54) is 10.9 Å². The Hall–Kier alpha value is -1.48. The van der Waals surface area contributed by atoms with E-state index in [0.29, 0.717) is 0 Å². The van der Waals surface area contributed by atoms with Gasteiger partial charge in [0.1, 0.15) is 24.6 Å². The van der Waals surface area contributed by atoms with Crippen LogP contribution in [0.15, 0.2) is 12.7 Å². The molecule has 0 aromatic carbocycles. The molecule has 0 unspecified atom stereocenters. The summed E-state index contributed by atoms with van der Waals surface area (Å²) in [5.41, 5.74) is 0.433. The van der Waals surface area contributed by atoms with E-state index in [1.54, 1.807) is 0 Å². The Kier molecular flexibility index (Phi) is 12.4. The molecule has 3 rings (SSSR count). The predicted molar refractivity (Wildman–Crippen MR) is 103 cm³/mol. The van der Waals surface area contributed by atoms with Crippen molar-refractivity contribution in [3.63, 3.8) is 0 Å². The summed E-state index contributed by atoms with van der Waals surface area (Å²) in [5.74, 6) is -0.282. The molecule has 198 valence electrons. The van der Waals surface area contributed by atoms with Gasteiger partial charge in [0.25, 0.3) is 0 Å². The van der Waals surface area contributed by atoms with Gasteiger partial charge >= 0.3 is 23.5 Å². The topological polar surface area (TPSA) is 367 Å². The van der Waals surface area contributed by atoms with Gasteiger partial charge in [-0.15, -0.1) is 0 Å². The number of ether oxygens (including phenoxy) is 1.